The van der Waals surface area contributed by atoms with Gasteiger partial charge in [-0.1, -0.05) is 6.07 Å². The lowest BCUT2D eigenvalue weighted by Crippen LogP contribution is -2.27. The molecule has 1 amide bonds. The molecule has 3 rings (SSSR count). The van der Waals surface area contributed by atoms with Gasteiger partial charge in [0.15, 0.2) is 11.5 Å². The van der Waals surface area contributed by atoms with Crippen LogP contribution in [0.2, 0.25) is 0 Å². The summed E-state index contributed by atoms with van der Waals surface area (Å²) in [5.74, 6) is 1.27. The van der Waals surface area contributed by atoms with Crippen molar-refractivity contribution in [2.75, 3.05) is 20.8 Å². The van der Waals surface area contributed by atoms with Gasteiger partial charge in [0.05, 0.1) is 33.2 Å². The van der Waals surface area contributed by atoms with Gasteiger partial charge in [-0.3, -0.25) is 4.79 Å². The van der Waals surface area contributed by atoms with Crippen molar-refractivity contribution >= 4 is 17.2 Å². The van der Waals surface area contributed by atoms with Gasteiger partial charge in [0.2, 0.25) is 5.91 Å². The number of furan rings is 1. The minimum absolute atomic E-state index is 0.0103. The molecular formula is C20H21NO4S. The zero-order chi connectivity index (χ0) is 18.4. The second kappa shape index (κ2) is 8.58. The summed E-state index contributed by atoms with van der Waals surface area (Å²) in [6, 6.07) is 11.6. The Hall–Kier alpha value is -2.73. The van der Waals surface area contributed by atoms with E-state index < -0.39 is 0 Å². The average molecular weight is 371 g/mol. The highest BCUT2D eigenvalue weighted by molar-refractivity contribution is 7.15. The van der Waals surface area contributed by atoms with E-state index in [1.54, 1.807) is 38.1 Å². The van der Waals surface area contributed by atoms with E-state index >= 15 is 0 Å². The summed E-state index contributed by atoms with van der Waals surface area (Å²) in [7, 11) is 3.17. The van der Waals surface area contributed by atoms with Gasteiger partial charge in [-0.15, -0.1) is 11.3 Å². The summed E-state index contributed by atoms with van der Waals surface area (Å²) in [4.78, 5) is 14.6. The number of nitrogens with one attached hydrogen (secondary N) is 1. The predicted molar refractivity (Wildman–Crippen MR) is 102 cm³/mol. The molecule has 2 aromatic heterocycles. The first kappa shape index (κ1) is 18.1. The van der Waals surface area contributed by atoms with Crippen LogP contribution in [0.4, 0.5) is 0 Å². The molecule has 3 aromatic rings. The number of hydrogen-bond acceptors (Lipinski definition) is 5. The van der Waals surface area contributed by atoms with Crippen molar-refractivity contribution in [1.82, 2.24) is 5.32 Å². The molecule has 5 nitrogen and oxygen atoms in total. The standard InChI is InChI=1S/C20H21NO4S/c1-23-17-5-3-14(11-18(17)24-2)12-20(22)21-9-7-16-4-6-19(26-16)15-8-10-25-13-15/h3-6,8,10-11,13H,7,9,12H2,1-2H3,(H,21,22). The quantitative estimate of drug-likeness (QED) is 0.652. The van der Waals surface area contributed by atoms with Gasteiger partial charge in [0.1, 0.15) is 0 Å². The molecule has 0 spiro atoms. The van der Waals surface area contributed by atoms with Crippen LogP contribution in [0.1, 0.15) is 10.4 Å². The highest BCUT2D eigenvalue weighted by atomic mass is 32.1. The van der Waals surface area contributed by atoms with Gasteiger partial charge in [-0.05, 0) is 42.3 Å². The van der Waals surface area contributed by atoms with Crippen molar-refractivity contribution in [2.24, 2.45) is 0 Å². The zero-order valence-electron chi connectivity index (χ0n) is 14.8. The topological polar surface area (TPSA) is 60.7 Å². The highest BCUT2D eigenvalue weighted by Gasteiger charge is 2.09. The van der Waals surface area contributed by atoms with Crippen molar-refractivity contribution in [3.05, 3.63) is 59.4 Å². The molecule has 0 aliphatic heterocycles. The zero-order valence-corrected chi connectivity index (χ0v) is 15.6. The van der Waals surface area contributed by atoms with E-state index in [4.69, 9.17) is 13.9 Å². The third-order valence-electron chi connectivity index (χ3n) is 3.97. The predicted octanol–water partition coefficient (Wildman–Crippen LogP) is 3.93. The fraction of sp³-hybridized carbons (Fsp3) is 0.250. The lowest BCUT2D eigenvalue weighted by atomic mass is 10.1. The van der Waals surface area contributed by atoms with Crippen molar-refractivity contribution in [2.45, 2.75) is 12.8 Å². The minimum Gasteiger partial charge on any atom is -0.493 e. The van der Waals surface area contributed by atoms with Gasteiger partial charge < -0.3 is 19.2 Å². The molecule has 0 aliphatic rings. The number of rotatable bonds is 8. The highest BCUT2D eigenvalue weighted by Crippen LogP contribution is 2.29. The van der Waals surface area contributed by atoms with Crippen LogP contribution in [0.3, 0.4) is 0 Å². The Morgan fingerprint density at radius 3 is 2.69 bits per heavy atom. The number of methoxy groups -OCH3 is 2. The molecular weight excluding hydrogens is 350 g/mol. The number of ether oxygens (including phenoxy) is 2. The SMILES string of the molecule is COc1ccc(CC(=O)NCCc2ccc(-c3ccoc3)s2)cc1OC. The van der Waals surface area contributed by atoms with Crippen molar-refractivity contribution < 1.29 is 18.7 Å². The number of hydrogen-bond donors (Lipinski definition) is 1. The van der Waals surface area contributed by atoms with Gasteiger partial charge >= 0.3 is 0 Å². The Labute approximate surface area is 156 Å². The number of carbonyl (C=O) groups excluding carboxylic acids is 1. The van der Waals surface area contributed by atoms with E-state index in [2.05, 4.69) is 17.4 Å². The Bertz CT molecular complexity index is 855. The molecule has 0 atom stereocenters. The minimum atomic E-state index is -0.0103. The smallest absolute Gasteiger partial charge is 0.224 e. The Kier molecular flexibility index (Phi) is 5.96. The summed E-state index contributed by atoms with van der Waals surface area (Å²) in [6.45, 7) is 0.609. The normalized spacial score (nSPS) is 10.5. The summed E-state index contributed by atoms with van der Waals surface area (Å²) >= 11 is 1.71. The number of benzene rings is 1. The molecule has 1 aromatic carbocycles. The molecule has 0 saturated heterocycles. The monoisotopic (exact) mass is 371 g/mol. The maximum atomic E-state index is 12.2. The second-order valence-electron chi connectivity index (χ2n) is 5.74. The van der Waals surface area contributed by atoms with Crippen LogP contribution < -0.4 is 14.8 Å². The molecule has 6 heteroatoms. The molecule has 0 aliphatic carbocycles. The van der Waals surface area contributed by atoms with Crippen LogP contribution >= 0.6 is 11.3 Å². The molecule has 0 unspecified atom stereocenters. The van der Waals surface area contributed by atoms with E-state index in [1.807, 2.05) is 24.3 Å². The van der Waals surface area contributed by atoms with Gasteiger partial charge in [-0.25, -0.2) is 0 Å². The van der Waals surface area contributed by atoms with Crippen molar-refractivity contribution in [1.29, 1.82) is 0 Å². The molecule has 0 fully saturated rings. The van der Waals surface area contributed by atoms with Gasteiger partial charge in [0.25, 0.3) is 0 Å². The van der Waals surface area contributed by atoms with Crippen molar-refractivity contribution in [3.63, 3.8) is 0 Å². The van der Waals surface area contributed by atoms with E-state index in [0.29, 0.717) is 24.5 Å². The van der Waals surface area contributed by atoms with Crippen LogP contribution in [-0.2, 0) is 17.6 Å². The Morgan fingerprint density at radius 2 is 1.96 bits per heavy atom. The largest absolute Gasteiger partial charge is 0.493 e. The molecule has 26 heavy (non-hydrogen) atoms. The summed E-state index contributed by atoms with van der Waals surface area (Å²) in [5, 5.41) is 2.97. The average Bonchev–Trinajstić information content (AvgIpc) is 3.33. The lowest BCUT2D eigenvalue weighted by Gasteiger charge is -2.09. The Balaban J connectivity index is 1.49. The maximum absolute atomic E-state index is 12.2. The number of amides is 1. The van der Waals surface area contributed by atoms with E-state index in [0.717, 1.165) is 17.5 Å². The van der Waals surface area contributed by atoms with Crippen LogP contribution in [-0.4, -0.2) is 26.7 Å². The van der Waals surface area contributed by atoms with Crippen LogP contribution in [0, 0.1) is 0 Å². The summed E-state index contributed by atoms with van der Waals surface area (Å²) in [6.07, 6.45) is 4.52. The van der Waals surface area contributed by atoms with E-state index in [9.17, 15) is 4.79 Å². The first-order valence-corrected chi connectivity index (χ1v) is 9.10. The third kappa shape index (κ3) is 4.46. The van der Waals surface area contributed by atoms with Crippen LogP contribution in [0.15, 0.2) is 53.3 Å². The summed E-state index contributed by atoms with van der Waals surface area (Å²) < 4.78 is 15.6. The molecule has 2 heterocycles. The fourth-order valence-electron chi connectivity index (χ4n) is 2.64. The van der Waals surface area contributed by atoms with Gasteiger partial charge in [0, 0.05) is 21.9 Å². The fourth-order valence-corrected chi connectivity index (χ4v) is 3.63. The first-order chi connectivity index (χ1) is 12.7. The molecule has 0 saturated carbocycles. The second-order valence-corrected chi connectivity index (χ2v) is 6.91. The Morgan fingerprint density at radius 1 is 1.12 bits per heavy atom. The van der Waals surface area contributed by atoms with Crippen LogP contribution in [0.25, 0.3) is 10.4 Å². The molecule has 136 valence electrons. The lowest BCUT2D eigenvalue weighted by molar-refractivity contribution is -0.120. The van der Waals surface area contributed by atoms with Crippen LogP contribution in [0.5, 0.6) is 11.5 Å². The molecule has 1 N–H and O–H groups in total. The third-order valence-corrected chi connectivity index (χ3v) is 5.17. The van der Waals surface area contributed by atoms with E-state index in [-0.39, 0.29) is 5.91 Å². The number of thiophene rings is 1. The first-order valence-electron chi connectivity index (χ1n) is 8.28. The maximum Gasteiger partial charge on any atom is 0.224 e. The number of carbonyl (C=O) groups is 1. The van der Waals surface area contributed by atoms with Gasteiger partial charge in [-0.2, -0.15) is 0 Å². The molecule has 0 bridgehead atoms. The molecule has 0 radical (unpaired) electrons. The van der Waals surface area contributed by atoms with Crippen molar-refractivity contribution in [3.8, 4) is 21.9 Å². The van der Waals surface area contributed by atoms with E-state index in [1.165, 1.54) is 9.75 Å². The summed E-state index contributed by atoms with van der Waals surface area (Å²) in [5.41, 5.74) is 1.97.